The van der Waals surface area contributed by atoms with Crippen molar-refractivity contribution in [1.82, 2.24) is 20.1 Å². The van der Waals surface area contributed by atoms with Gasteiger partial charge in [-0.2, -0.15) is 0 Å². The molecule has 0 aromatic carbocycles. The van der Waals surface area contributed by atoms with E-state index < -0.39 is 46.4 Å². The van der Waals surface area contributed by atoms with E-state index in [0.717, 1.165) is 38.3 Å². The number of rotatable bonds is 8. The number of nitrogens with zero attached hydrogens (tertiary/aromatic N) is 2. The van der Waals surface area contributed by atoms with E-state index in [1.807, 2.05) is 0 Å². The van der Waals surface area contributed by atoms with Gasteiger partial charge in [0, 0.05) is 25.3 Å². The Morgan fingerprint density at radius 3 is 2.41 bits per heavy atom. The van der Waals surface area contributed by atoms with Crippen molar-refractivity contribution in [3.63, 3.8) is 0 Å². The molecule has 2 aliphatic rings. The number of aromatic carboxylic acids is 1. The van der Waals surface area contributed by atoms with Crippen molar-refractivity contribution >= 4 is 23.9 Å². The summed E-state index contributed by atoms with van der Waals surface area (Å²) in [5.41, 5.74) is -2.80. The SMILES string of the molecule is CC(C)(C)OC(=O)NCCCCN1C(=O)c2c(O)c(=O)c(C(=O)O)cn2C[C@H]1C(=O)NC1CCCCC1. The summed E-state index contributed by atoms with van der Waals surface area (Å²) in [4.78, 5) is 63.6. The maximum absolute atomic E-state index is 13.4. The predicted octanol–water partition coefficient (Wildman–Crippen LogP) is 1.83. The van der Waals surface area contributed by atoms with Crippen molar-refractivity contribution in [2.24, 2.45) is 0 Å². The normalized spacial score (nSPS) is 18.2. The van der Waals surface area contributed by atoms with Crippen LogP contribution in [-0.4, -0.2) is 74.3 Å². The molecule has 1 atom stereocenters. The minimum absolute atomic E-state index is 0.00497. The van der Waals surface area contributed by atoms with Crippen LogP contribution in [0.3, 0.4) is 0 Å². The number of pyridine rings is 1. The number of nitrogens with one attached hydrogen (secondary N) is 2. The summed E-state index contributed by atoms with van der Waals surface area (Å²) in [7, 11) is 0. The van der Waals surface area contributed by atoms with E-state index in [4.69, 9.17) is 4.74 Å². The Kier molecular flexibility index (Phi) is 8.82. The summed E-state index contributed by atoms with van der Waals surface area (Å²) in [5, 5.41) is 25.4. The molecular weight excluding hydrogens is 484 g/mol. The summed E-state index contributed by atoms with van der Waals surface area (Å²) in [6.07, 6.45) is 6.15. The van der Waals surface area contributed by atoms with E-state index in [0.29, 0.717) is 19.4 Å². The molecule has 1 saturated carbocycles. The highest BCUT2D eigenvalue weighted by Crippen LogP contribution is 2.25. The molecule has 12 nitrogen and oxygen atoms in total. The molecule has 37 heavy (non-hydrogen) atoms. The van der Waals surface area contributed by atoms with Crippen molar-refractivity contribution in [1.29, 1.82) is 0 Å². The second-order valence-electron chi connectivity index (χ2n) is 10.5. The number of aromatic hydroxyl groups is 1. The molecule has 1 fully saturated rings. The largest absolute Gasteiger partial charge is 0.503 e. The minimum Gasteiger partial charge on any atom is -0.503 e. The molecule has 0 radical (unpaired) electrons. The highest BCUT2D eigenvalue weighted by molar-refractivity contribution is 6.00. The number of carbonyl (C=O) groups excluding carboxylic acids is 3. The number of carbonyl (C=O) groups is 4. The van der Waals surface area contributed by atoms with Gasteiger partial charge in [0.1, 0.15) is 17.2 Å². The van der Waals surface area contributed by atoms with Crippen molar-refractivity contribution in [2.75, 3.05) is 13.1 Å². The second kappa shape index (κ2) is 11.7. The Hall–Kier alpha value is -3.57. The van der Waals surface area contributed by atoms with E-state index in [1.54, 1.807) is 20.8 Å². The average Bonchev–Trinajstić information content (AvgIpc) is 2.81. The first-order valence-electron chi connectivity index (χ1n) is 12.7. The van der Waals surface area contributed by atoms with Crippen LogP contribution < -0.4 is 16.1 Å². The Bertz CT molecular complexity index is 1100. The van der Waals surface area contributed by atoms with E-state index in [9.17, 15) is 34.2 Å². The fourth-order valence-electron chi connectivity index (χ4n) is 4.67. The number of carboxylic acids is 1. The molecular formula is C25H36N4O8. The maximum Gasteiger partial charge on any atom is 0.407 e. The number of carboxylic acid groups (broad SMARTS) is 1. The molecule has 3 rings (SSSR count). The number of ether oxygens (including phenoxy) is 1. The van der Waals surface area contributed by atoms with E-state index in [2.05, 4.69) is 10.6 Å². The molecule has 0 unspecified atom stereocenters. The van der Waals surface area contributed by atoms with Gasteiger partial charge in [0.05, 0.1) is 6.54 Å². The van der Waals surface area contributed by atoms with Crippen molar-refractivity contribution < 1.29 is 34.1 Å². The van der Waals surface area contributed by atoms with Gasteiger partial charge in [-0.1, -0.05) is 19.3 Å². The van der Waals surface area contributed by atoms with Crippen molar-refractivity contribution in [3.05, 3.63) is 27.7 Å². The second-order valence-corrected chi connectivity index (χ2v) is 10.5. The lowest BCUT2D eigenvalue weighted by Gasteiger charge is -2.38. The van der Waals surface area contributed by atoms with Gasteiger partial charge in [-0.3, -0.25) is 14.4 Å². The first-order valence-corrected chi connectivity index (χ1v) is 12.7. The van der Waals surface area contributed by atoms with Crippen LogP contribution in [0.15, 0.2) is 11.0 Å². The average molecular weight is 521 g/mol. The van der Waals surface area contributed by atoms with Gasteiger partial charge in [-0.25, -0.2) is 9.59 Å². The molecule has 12 heteroatoms. The van der Waals surface area contributed by atoms with Crippen LogP contribution in [0, 0.1) is 0 Å². The lowest BCUT2D eigenvalue weighted by Crippen LogP contribution is -2.57. The molecule has 4 N–H and O–H groups in total. The molecule has 0 spiro atoms. The third-order valence-corrected chi connectivity index (χ3v) is 6.44. The van der Waals surface area contributed by atoms with Crippen LogP contribution in [0.1, 0.15) is 86.6 Å². The number of amides is 3. The molecule has 1 aliphatic carbocycles. The van der Waals surface area contributed by atoms with Crippen LogP contribution in [0.4, 0.5) is 4.79 Å². The zero-order chi connectivity index (χ0) is 27.3. The van der Waals surface area contributed by atoms with Crippen LogP contribution in [0.25, 0.3) is 0 Å². The lowest BCUT2D eigenvalue weighted by atomic mass is 9.95. The Morgan fingerprint density at radius 2 is 1.78 bits per heavy atom. The Balaban J connectivity index is 1.76. The number of hydrogen-bond acceptors (Lipinski definition) is 7. The Labute approximate surface area is 215 Å². The van der Waals surface area contributed by atoms with E-state index in [-0.39, 0.29) is 30.7 Å². The minimum atomic E-state index is -1.54. The quantitative estimate of drug-likeness (QED) is 0.377. The summed E-state index contributed by atoms with van der Waals surface area (Å²) >= 11 is 0. The monoisotopic (exact) mass is 520 g/mol. The molecule has 1 aromatic heterocycles. The fraction of sp³-hybridized carbons (Fsp3) is 0.640. The van der Waals surface area contributed by atoms with Gasteiger partial charge in [0.25, 0.3) is 5.91 Å². The number of aromatic nitrogens is 1. The molecule has 1 aromatic rings. The zero-order valence-corrected chi connectivity index (χ0v) is 21.5. The van der Waals surface area contributed by atoms with E-state index in [1.165, 1.54) is 9.47 Å². The van der Waals surface area contributed by atoms with E-state index >= 15 is 0 Å². The summed E-state index contributed by atoms with van der Waals surface area (Å²) in [6, 6.07) is -0.959. The third-order valence-electron chi connectivity index (χ3n) is 6.44. The molecule has 3 amide bonds. The van der Waals surface area contributed by atoms with Crippen molar-refractivity contribution in [3.8, 4) is 5.75 Å². The van der Waals surface area contributed by atoms with Crippen LogP contribution in [-0.2, 0) is 16.1 Å². The van der Waals surface area contributed by atoms with Gasteiger partial charge in [0.15, 0.2) is 11.4 Å². The topological polar surface area (TPSA) is 167 Å². The van der Waals surface area contributed by atoms with Gasteiger partial charge < -0.3 is 35.1 Å². The maximum atomic E-state index is 13.4. The molecule has 0 bridgehead atoms. The molecule has 2 heterocycles. The first-order chi connectivity index (χ1) is 17.4. The predicted molar refractivity (Wildman–Crippen MR) is 133 cm³/mol. The number of unbranched alkanes of at least 4 members (excludes halogenated alkanes) is 1. The third kappa shape index (κ3) is 7.01. The zero-order valence-electron chi connectivity index (χ0n) is 21.5. The summed E-state index contributed by atoms with van der Waals surface area (Å²) < 4.78 is 6.37. The number of alkyl carbamates (subject to hydrolysis) is 1. The van der Waals surface area contributed by atoms with Crippen LogP contribution in [0.5, 0.6) is 5.75 Å². The lowest BCUT2D eigenvalue weighted by molar-refractivity contribution is -0.127. The van der Waals surface area contributed by atoms with Gasteiger partial charge in [-0.15, -0.1) is 0 Å². The fourth-order valence-corrected chi connectivity index (χ4v) is 4.67. The summed E-state index contributed by atoms with van der Waals surface area (Å²) in [5.74, 6) is -3.59. The van der Waals surface area contributed by atoms with Gasteiger partial charge in [0.2, 0.25) is 11.3 Å². The van der Waals surface area contributed by atoms with Crippen LogP contribution >= 0.6 is 0 Å². The van der Waals surface area contributed by atoms with Gasteiger partial charge >= 0.3 is 12.1 Å². The smallest absolute Gasteiger partial charge is 0.407 e. The molecule has 1 aliphatic heterocycles. The summed E-state index contributed by atoms with van der Waals surface area (Å²) in [6.45, 7) is 5.58. The first kappa shape index (κ1) is 28.0. The molecule has 0 saturated heterocycles. The highest BCUT2D eigenvalue weighted by Gasteiger charge is 2.40. The van der Waals surface area contributed by atoms with Crippen molar-refractivity contribution in [2.45, 2.75) is 89.9 Å². The molecule has 204 valence electrons. The standard InChI is InChI=1S/C25H36N4O8/c1-25(2,3)37-24(36)26-11-7-8-12-29-17(21(32)27-15-9-5-4-6-10-15)14-28-13-16(23(34)35)19(30)20(31)18(28)22(29)33/h13,15,17,31H,4-12,14H2,1-3H3,(H,26,36)(H,27,32)(H,34,35)/t17-/m0/s1. The Morgan fingerprint density at radius 1 is 1.11 bits per heavy atom. The number of fused-ring (bicyclic) bond motifs is 1. The highest BCUT2D eigenvalue weighted by atomic mass is 16.6. The van der Waals surface area contributed by atoms with Gasteiger partial charge in [-0.05, 0) is 46.5 Å². The number of hydrogen-bond donors (Lipinski definition) is 4. The van der Waals surface area contributed by atoms with Crippen LogP contribution in [0.2, 0.25) is 0 Å².